The topological polar surface area (TPSA) is 46.2 Å². The molecule has 0 heterocycles. The molecule has 0 saturated carbocycles. The maximum Gasteiger partial charge on any atom is 0.220 e. The van der Waals surface area contributed by atoms with E-state index in [1.165, 1.54) is 0 Å². The first kappa shape index (κ1) is 17.1. The molecule has 1 amide bonds. The third kappa shape index (κ3) is 6.18. The normalized spacial score (nSPS) is 16.2. The van der Waals surface area contributed by atoms with Crippen LogP contribution in [0.5, 0.6) is 0 Å². The number of Topliss-reactive ketones (excluding diaryl/α,β-unsaturated/α-hetero) is 1. The van der Waals surface area contributed by atoms with E-state index in [2.05, 4.69) is 19.2 Å². The van der Waals surface area contributed by atoms with E-state index >= 15 is 0 Å². The van der Waals surface area contributed by atoms with Crippen LogP contribution < -0.4 is 5.32 Å². The van der Waals surface area contributed by atoms with Crippen LogP contribution in [0.15, 0.2) is 0 Å². The van der Waals surface area contributed by atoms with E-state index in [4.69, 9.17) is 0 Å². The number of carbonyl (C=O) groups excluding carboxylic acids is 2. The number of hydrogen-bond donors (Lipinski definition) is 1. The first-order valence-corrected chi connectivity index (χ1v) is 7.09. The molecule has 106 valence electrons. The molecule has 3 nitrogen and oxygen atoms in total. The average molecular weight is 255 g/mol. The third-order valence-electron chi connectivity index (χ3n) is 3.72. The molecule has 0 aliphatic heterocycles. The zero-order valence-corrected chi connectivity index (χ0v) is 12.7. The highest BCUT2D eigenvalue weighted by atomic mass is 16.1. The van der Waals surface area contributed by atoms with E-state index in [-0.39, 0.29) is 29.4 Å². The molecule has 3 unspecified atom stereocenters. The highest BCUT2D eigenvalue weighted by Gasteiger charge is 2.24. The van der Waals surface area contributed by atoms with Gasteiger partial charge >= 0.3 is 0 Å². The second-order valence-electron chi connectivity index (χ2n) is 5.84. The monoisotopic (exact) mass is 255 g/mol. The van der Waals surface area contributed by atoms with Crippen LogP contribution in [-0.2, 0) is 9.59 Å². The van der Waals surface area contributed by atoms with Gasteiger partial charge in [-0.1, -0.05) is 48.0 Å². The van der Waals surface area contributed by atoms with Gasteiger partial charge in [-0.05, 0) is 11.8 Å². The van der Waals surface area contributed by atoms with Crippen LogP contribution in [0.3, 0.4) is 0 Å². The van der Waals surface area contributed by atoms with Gasteiger partial charge in [0, 0.05) is 24.8 Å². The number of ketones is 1. The van der Waals surface area contributed by atoms with Gasteiger partial charge in [0.15, 0.2) is 0 Å². The fourth-order valence-electron chi connectivity index (χ4n) is 1.78. The van der Waals surface area contributed by atoms with E-state index in [1.807, 2.05) is 27.7 Å². The molecular weight excluding hydrogens is 226 g/mol. The maximum atomic E-state index is 11.8. The average Bonchev–Trinajstić information content (AvgIpc) is 2.33. The molecule has 0 bridgehead atoms. The fourth-order valence-corrected chi connectivity index (χ4v) is 1.78. The highest BCUT2D eigenvalue weighted by molar-refractivity contribution is 5.84. The first-order chi connectivity index (χ1) is 8.29. The standard InChI is InChI=1S/C15H29NO2/c1-7-11(4)9-16-14(17)8-12(5)13(6)15(18)10(2)3/h10-13H,7-9H2,1-6H3,(H,16,17). The Kier molecular flexibility index (Phi) is 7.88. The number of amides is 1. The number of carbonyl (C=O) groups is 2. The Balaban J connectivity index is 4.11. The Hall–Kier alpha value is -0.860. The van der Waals surface area contributed by atoms with Crippen LogP contribution in [0.2, 0.25) is 0 Å². The van der Waals surface area contributed by atoms with Crippen LogP contribution in [0.1, 0.15) is 54.4 Å². The molecule has 0 aromatic carbocycles. The van der Waals surface area contributed by atoms with E-state index < -0.39 is 0 Å². The van der Waals surface area contributed by atoms with Crippen molar-refractivity contribution in [3.8, 4) is 0 Å². The lowest BCUT2D eigenvalue weighted by atomic mass is 9.85. The number of rotatable bonds is 8. The van der Waals surface area contributed by atoms with Crippen molar-refractivity contribution in [1.29, 1.82) is 0 Å². The largest absolute Gasteiger partial charge is 0.356 e. The zero-order chi connectivity index (χ0) is 14.3. The van der Waals surface area contributed by atoms with Gasteiger partial charge in [-0.3, -0.25) is 9.59 Å². The van der Waals surface area contributed by atoms with Crippen molar-refractivity contribution in [2.75, 3.05) is 6.54 Å². The summed E-state index contributed by atoms with van der Waals surface area (Å²) in [5.41, 5.74) is 0. The molecule has 1 N–H and O–H groups in total. The molecule has 0 spiro atoms. The van der Waals surface area contributed by atoms with Crippen molar-refractivity contribution in [3.05, 3.63) is 0 Å². The van der Waals surface area contributed by atoms with Crippen molar-refractivity contribution in [1.82, 2.24) is 5.32 Å². The van der Waals surface area contributed by atoms with E-state index in [1.54, 1.807) is 0 Å². The van der Waals surface area contributed by atoms with Gasteiger partial charge in [-0.2, -0.15) is 0 Å². The summed E-state index contributed by atoms with van der Waals surface area (Å²) in [5.74, 6) is 0.934. The van der Waals surface area contributed by atoms with Gasteiger partial charge in [0.1, 0.15) is 5.78 Å². The van der Waals surface area contributed by atoms with Gasteiger partial charge in [0.05, 0.1) is 0 Å². The quantitative estimate of drug-likeness (QED) is 0.724. The van der Waals surface area contributed by atoms with Crippen molar-refractivity contribution in [2.45, 2.75) is 54.4 Å². The van der Waals surface area contributed by atoms with Gasteiger partial charge < -0.3 is 5.32 Å². The minimum Gasteiger partial charge on any atom is -0.356 e. The fraction of sp³-hybridized carbons (Fsp3) is 0.867. The Morgan fingerprint density at radius 2 is 1.61 bits per heavy atom. The third-order valence-corrected chi connectivity index (χ3v) is 3.72. The highest BCUT2D eigenvalue weighted by Crippen LogP contribution is 2.19. The van der Waals surface area contributed by atoms with E-state index in [0.29, 0.717) is 12.3 Å². The lowest BCUT2D eigenvalue weighted by Crippen LogP contribution is -2.32. The van der Waals surface area contributed by atoms with Crippen molar-refractivity contribution in [3.63, 3.8) is 0 Å². The molecular formula is C15H29NO2. The smallest absolute Gasteiger partial charge is 0.220 e. The summed E-state index contributed by atoms with van der Waals surface area (Å²) in [7, 11) is 0. The molecule has 3 atom stereocenters. The first-order valence-electron chi connectivity index (χ1n) is 7.09. The van der Waals surface area contributed by atoms with Crippen molar-refractivity contribution < 1.29 is 9.59 Å². The molecule has 0 radical (unpaired) electrons. The minimum absolute atomic E-state index is 0.0423. The molecule has 0 rings (SSSR count). The van der Waals surface area contributed by atoms with Crippen molar-refractivity contribution in [2.24, 2.45) is 23.7 Å². The Bertz CT molecular complexity index is 274. The SMILES string of the molecule is CCC(C)CNC(=O)CC(C)C(C)C(=O)C(C)C. The van der Waals surface area contributed by atoms with Gasteiger partial charge in [-0.15, -0.1) is 0 Å². The summed E-state index contributed by atoms with van der Waals surface area (Å²) in [6.07, 6.45) is 1.51. The summed E-state index contributed by atoms with van der Waals surface area (Å²) in [5, 5.41) is 2.94. The lowest BCUT2D eigenvalue weighted by Gasteiger charge is -2.20. The number of nitrogens with one attached hydrogen (secondary N) is 1. The molecule has 0 aliphatic rings. The van der Waals surface area contributed by atoms with E-state index in [0.717, 1.165) is 13.0 Å². The van der Waals surface area contributed by atoms with Crippen LogP contribution >= 0.6 is 0 Å². The second-order valence-corrected chi connectivity index (χ2v) is 5.84. The van der Waals surface area contributed by atoms with Gasteiger partial charge in [-0.25, -0.2) is 0 Å². The number of hydrogen-bond acceptors (Lipinski definition) is 2. The van der Waals surface area contributed by atoms with Gasteiger partial charge in [0.2, 0.25) is 5.91 Å². The van der Waals surface area contributed by atoms with Crippen LogP contribution in [-0.4, -0.2) is 18.2 Å². The minimum atomic E-state index is -0.0423. The zero-order valence-electron chi connectivity index (χ0n) is 12.7. The molecule has 18 heavy (non-hydrogen) atoms. The molecule has 0 aliphatic carbocycles. The summed E-state index contributed by atoms with van der Waals surface area (Å²) >= 11 is 0. The molecule has 3 heteroatoms. The predicted molar refractivity (Wildman–Crippen MR) is 75.3 cm³/mol. The van der Waals surface area contributed by atoms with Crippen LogP contribution in [0.4, 0.5) is 0 Å². The Labute approximate surface area is 112 Å². The molecule has 0 saturated heterocycles. The Morgan fingerprint density at radius 3 is 2.06 bits per heavy atom. The molecule has 0 aromatic heterocycles. The van der Waals surface area contributed by atoms with Crippen molar-refractivity contribution >= 4 is 11.7 Å². The molecule has 0 aromatic rings. The summed E-state index contributed by atoms with van der Waals surface area (Å²) in [4.78, 5) is 23.6. The maximum absolute atomic E-state index is 11.8. The van der Waals surface area contributed by atoms with Gasteiger partial charge in [0.25, 0.3) is 0 Å². The van der Waals surface area contributed by atoms with E-state index in [9.17, 15) is 9.59 Å². The predicted octanol–water partition coefficient (Wildman–Crippen LogP) is 3.04. The Morgan fingerprint density at radius 1 is 1.06 bits per heavy atom. The summed E-state index contributed by atoms with van der Waals surface area (Å²) in [6, 6.07) is 0. The second kappa shape index (κ2) is 8.28. The summed E-state index contributed by atoms with van der Waals surface area (Å²) in [6.45, 7) is 12.7. The molecule has 0 fully saturated rings. The lowest BCUT2D eigenvalue weighted by molar-refractivity contribution is -0.128. The van der Waals surface area contributed by atoms with Crippen LogP contribution in [0, 0.1) is 23.7 Å². The van der Waals surface area contributed by atoms with Crippen LogP contribution in [0.25, 0.3) is 0 Å². The summed E-state index contributed by atoms with van der Waals surface area (Å²) < 4.78 is 0.